The Morgan fingerprint density at radius 3 is 1.31 bits per heavy atom. The van der Waals surface area contributed by atoms with Crippen LogP contribution in [0, 0.1) is 0 Å². The Labute approximate surface area is 150 Å². The molecule has 0 spiro atoms. The van der Waals surface area contributed by atoms with Crippen LogP contribution in [0.4, 0.5) is 11.4 Å². The highest BCUT2D eigenvalue weighted by atomic mass is 16.3. The molecule has 0 saturated carbocycles. The minimum atomic E-state index is -0.497. The molecule has 0 aliphatic rings. The maximum atomic E-state index is 11.8. The van der Waals surface area contributed by atoms with Crippen molar-refractivity contribution in [1.29, 1.82) is 0 Å². The van der Waals surface area contributed by atoms with Crippen LogP contribution in [0.1, 0.15) is 11.1 Å². The molecule has 0 heterocycles. The Balaban J connectivity index is 1.52. The smallest absolute Gasteiger partial charge is 0.253 e. The first-order valence-electron chi connectivity index (χ1n) is 8.41. The molecule has 0 amide bonds. The van der Waals surface area contributed by atoms with Gasteiger partial charge in [-0.25, -0.2) is 0 Å². The van der Waals surface area contributed by atoms with Crippen molar-refractivity contribution in [3.63, 3.8) is 0 Å². The van der Waals surface area contributed by atoms with Gasteiger partial charge in [0.1, 0.15) is 22.9 Å². The number of hydrogen-bond acceptors (Lipinski definition) is 6. The van der Waals surface area contributed by atoms with Gasteiger partial charge in [0.2, 0.25) is 0 Å². The van der Waals surface area contributed by atoms with E-state index in [1.54, 1.807) is 24.3 Å². The number of phenols is 2. The molecule has 0 radical (unpaired) electrons. The van der Waals surface area contributed by atoms with Crippen LogP contribution in [-0.2, 0) is 12.8 Å². The van der Waals surface area contributed by atoms with Gasteiger partial charge in [-0.05, 0) is 48.2 Å². The zero-order valence-corrected chi connectivity index (χ0v) is 14.2. The van der Waals surface area contributed by atoms with Crippen molar-refractivity contribution in [2.75, 3.05) is 23.7 Å². The van der Waals surface area contributed by atoms with E-state index >= 15 is 0 Å². The second-order valence-electron chi connectivity index (χ2n) is 6.09. The number of benzene rings is 2. The van der Waals surface area contributed by atoms with Crippen LogP contribution in [-0.4, -0.2) is 23.3 Å². The van der Waals surface area contributed by atoms with E-state index in [0.29, 0.717) is 37.3 Å². The topological polar surface area (TPSA) is 98.7 Å². The lowest BCUT2D eigenvalue weighted by Crippen LogP contribution is -2.38. The van der Waals surface area contributed by atoms with E-state index in [0.717, 1.165) is 11.1 Å². The first kappa shape index (κ1) is 17.5. The molecule has 0 aliphatic carbocycles. The van der Waals surface area contributed by atoms with Crippen molar-refractivity contribution in [3.05, 3.63) is 80.1 Å². The van der Waals surface area contributed by atoms with Crippen LogP contribution >= 0.6 is 0 Å². The fourth-order valence-corrected chi connectivity index (χ4v) is 2.72. The van der Waals surface area contributed by atoms with Crippen LogP contribution < -0.4 is 21.5 Å². The maximum absolute atomic E-state index is 11.8. The largest absolute Gasteiger partial charge is 0.508 e. The minimum absolute atomic E-state index is 0.212. The highest BCUT2D eigenvalue weighted by molar-refractivity contribution is 5.74. The van der Waals surface area contributed by atoms with Crippen molar-refractivity contribution < 1.29 is 10.2 Å². The SMILES string of the molecule is O=c1c(NCCc2ccc(O)cc2)c(NCCc2ccc(O)cc2)c1=O. The number of phenolic OH excluding ortho intramolecular Hbond substituents is 2. The van der Waals surface area contributed by atoms with Gasteiger partial charge in [-0.15, -0.1) is 0 Å². The summed E-state index contributed by atoms with van der Waals surface area (Å²) in [5.41, 5.74) is 1.72. The van der Waals surface area contributed by atoms with Crippen LogP contribution in [0.15, 0.2) is 58.1 Å². The Morgan fingerprint density at radius 1 is 0.615 bits per heavy atom. The third-order valence-electron chi connectivity index (χ3n) is 4.21. The van der Waals surface area contributed by atoms with Crippen LogP contribution in [0.2, 0.25) is 0 Å². The normalized spacial score (nSPS) is 10.8. The zero-order valence-electron chi connectivity index (χ0n) is 14.2. The molecule has 134 valence electrons. The van der Waals surface area contributed by atoms with Crippen molar-refractivity contribution in [2.24, 2.45) is 0 Å². The van der Waals surface area contributed by atoms with E-state index in [9.17, 15) is 19.8 Å². The Morgan fingerprint density at radius 2 is 0.962 bits per heavy atom. The number of nitrogens with one attached hydrogen (secondary N) is 2. The maximum Gasteiger partial charge on any atom is 0.253 e. The summed E-state index contributed by atoms with van der Waals surface area (Å²) in [6.07, 6.45) is 1.35. The lowest BCUT2D eigenvalue weighted by atomic mass is 10.1. The molecule has 3 aromatic rings. The van der Waals surface area contributed by atoms with E-state index < -0.39 is 10.9 Å². The Kier molecular flexibility index (Phi) is 5.22. The lowest BCUT2D eigenvalue weighted by Gasteiger charge is -2.15. The van der Waals surface area contributed by atoms with Crippen molar-refractivity contribution in [3.8, 4) is 11.5 Å². The minimum Gasteiger partial charge on any atom is -0.508 e. The number of aromatic hydroxyl groups is 2. The molecule has 3 rings (SSSR count). The fraction of sp³-hybridized carbons (Fsp3) is 0.200. The molecule has 0 saturated heterocycles. The number of rotatable bonds is 8. The molecule has 0 atom stereocenters. The fourth-order valence-electron chi connectivity index (χ4n) is 2.72. The van der Waals surface area contributed by atoms with E-state index in [4.69, 9.17) is 0 Å². The number of hydrogen-bond donors (Lipinski definition) is 4. The van der Waals surface area contributed by atoms with Crippen molar-refractivity contribution >= 4 is 11.4 Å². The second kappa shape index (κ2) is 7.74. The van der Waals surface area contributed by atoms with Crippen LogP contribution in [0.25, 0.3) is 0 Å². The summed E-state index contributed by atoms with van der Waals surface area (Å²) in [6.45, 7) is 1.03. The monoisotopic (exact) mass is 352 g/mol. The van der Waals surface area contributed by atoms with E-state index in [2.05, 4.69) is 10.6 Å². The average molecular weight is 352 g/mol. The van der Waals surface area contributed by atoms with E-state index in [1.807, 2.05) is 24.3 Å². The third-order valence-corrected chi connectivity index (χ3v) is 4.21. The molecule has 3 aromatic carbocycles. The Bertz CT molecular complexity index is 860. The van der Waals surface area contributed by atoms with E-state index in [-0.39, 0.29) is 11.5 Å². The van der Waals surface area contributed by atoms with Gasteiger partial charge >= 0.3 is 0 Å². The van der Waals surface area contributed by atoms with Gasteiger partial charge in [-0.2, -0.15) is 0 Å². The summed E-state index contributed by atoms with van der Waals surface area (Å²) in [4.78, 5) is 23.5. The third kappa shape index (κ3) is 4.03. The van der Waals surface area contributed by atoms with Gasteiger partial charge in [0.05, 0.1) is 0 Å². The molecule has 6 nitrogen and oxygen atoms in total. The summed E-state index contributed by atoms with van der Waals surface area (Å²) >= 11 is 0. The first-order valence-corrected chi connectivity index (χ1v) is 8.41. The molecular formula is C20H20N2O4. The first-order chi connectivity index (χ1) is 12.5. The highest BCUT2D eigenvalue weighted by Crippen LogP contribution is 2.16. The van der Waals surface area contributed by atoms with E-state index in [1.165, 1.54) is 0 Å². The van der Waals surface area contributed by atoms with Gasteiger partial charge in [-0.3, -0.25) is 9.59 Å². The van der Waals surface area contributed by atoms with Gasteiger partial charge < -0.3 is 20.8 Å². The molecule has 0 unspecified atom stereocenters. The molecule has 0 aliphatic heterocycles. The summed E-state index contributed by atoms with van der Waals surface area (Å²) in [5, 5.41) is 24.6. The lowest BCUT2D eigenvalue weighted by molar-refractivity contribution is 0.474. The summed E-state index contributed by atoms with van der Waals surface area (Å²) in [5.74, 6) is 0.425. The molecule has 0 aromatic heterocycles. The molecule has 0 bridgehead atoms. The molecule has 6 heteroatoms. The Hall–Kier alpha value is -3.28. The highest BCUT2D eigenvalue weighted by Gasteiger charge is 2.19. The van der Waals surface area contributed by atoms with Crippen molar-refractivity contribution in [2.45, 2.75) is 12.8 Å². The molecule has 4 N–H and O–H groups in total. The molecule has 26 heavy (non-hydrogen) atoms. The predicted molar refractivity (Wildman–Crippen MR) is 102 cm³/mol. The standard InChI is InChI=1S/C20H20N2O4/c23-15-5-1-13(2-6-15)9-11-21-17-18(20(26)19(17)25)22-12-10-14-3-7-16(24)8-4-14/h1-8,21-24H,9-12H2. The predicted octanol–water partition coefficient (Wildman–Crippen LogP) is 2.00. The zero-order chi connectivity index (χ0) is 18.5. The summed E-state index contributed by atoms with van der Waals surface area (Å²) in [6, 6.07) is 13.7. The second-order valence-corrected chi connectivity index (χ2v) is 6.09. The number of anilines is 2. The van der Waals surface area contributed by atoms with Crippen molar-refractivity contribution in [1.82, 2.24) is 0 Å². The summed E-state index contributed by atoms with van der Waals surface area (Å²) in [7, 11) is 0. The summed E-state index contributed by atoms with van der Waals surface area (Å²) < 4.78 is 0. The van der Waals surface area contributed by atoms with Crippen LogP contribution in [0.3, 0.4) is 0 Å². The van der Waals surface area contributed by atoms with Gasteiger partial charge in [-0.1, -0.05) is 24.3 Å². The molecular weight excluding hydrogens is 332 g/mol. The molecule has 0 fully saturated rings. The van der Waals surface area contributed by atoms with Crippen LogP contribution in [0.5, 0.6) is 11.5 Å². The average Bonchev–Trinajstić information content (AvgIpc) is 2.65. The van der Waals surface area contributed by atoms with Gasteiger partial charge in [0.25, 0.3) is 10.9 Å². The van der Waals surface area contributed by atoms with Gasteiger partial charge in [0.15, 0.2) is 0 Å². The van der Waals surface area contributed by atoms with Gasteiger partial charge in [0, 0.05) is 13.1 Å². The quantitative estimate of drug-likeness (QED) is 0.463.